The Morgan fingerprint density at radius 1 is 1.24 bits per heavy atom. The van der Waals surface area contributed by atoms with Gasteiger partial charge in [-0.25, -0.2) is 0 Å². The molecule has 0 bridgehead atoms. The van der Waals surface area contributed by atoms with Crippen LogP contribution in [0.2, 0.25) is 0 Å². The van der Waals surface area contributed by atoms with Crippen molar-refractivity contribution in [1.82, 2.24) is 0 Å². The third kappa shape index (κ3) is 2.70. The van der Waals surface area contributed by atoms with Crippen LogP contribution in [0.25, 0.3) is 0 Å². The van der Waals surface area contributed by atoms with Crippen LogP contribution in [0.3, 0.4) is 0 Å². The number of rotatable bonds is 1. The number of benzene rings is 1. The van der Waals surface area contributed by atoms with Gasteiger partial charge in [0.15, 0.2) is 0 Å². The van der Waals surface area contributed by atoms with Crippen LogP contribution < -0.4 is 0 Å². The van der Waals surface area contributed by atoms with E-state index in [0.717, 1.165) is 23.9 Å². The molecule has 1 aliphatic heterocycles. The van der Waals surface area contributed by atoms with Gasteiger partial charge in [0, 0.05) is 32.7 Å². The Bertz CT molecular complexity index is 377. The maximum Gasteiger partial charge on any atom is 0 e. The molecule has 0 amide bonds. The molecule has 3 rings (SSSR count). The van der Waals surface area contributed by atoms with Crippen molar-refractivity contribution in [3.8, 4) is 0 Å². The third-order valence-electron chi connectivity index (χ3n) is 4.41. The van der Waals surface area contributed by atoms with Crippen LogP contribution in [0, 0.1) is 12.8 Å². The molecule has 1 fully saturated rings. The first-order valence-electron chi connectivity index (χ1n) is 6.50. The SMILES string of the molecule is [CH2-]CC1PCCC2c3ccccc3CCC12.[Y]. The van der Waals surface area contributed by atoms with Crippen LogP contribution in [-0.4, -0.2) is 11.8 Å². The Kier molecular flexibility index (Phi) is 5.23. The summed E-state index contributed by atoms with van der Waals surface area (Å²) in [7, 11) is 1.18. The molecular formula is C15H20PY-. The van der Waals surface area contributed by atoms with Crippen molar-refractivity contribution in [2.45, 2.75) is 37.3 Å². The van der Waals surface area contributed by atoms with Crippen LogP contribution >= 0.6 is 8.58 Å². The summed E-state index contributed by atoms with van der Waals surface area (Å²) in [6, 6.07) is 9.13. The molecule has 0 N–H and O–H groups in total. The molecule has 2 aliphatic rings. The first kappa shape index (κ1) is 14.2. The van der Waals surface area contributed by atoms with Crippen LogP contribution in [0.4, 0.5) is 0 Å². The normalized spacial score (nSPS) is 32.4. The van der Waals surface area contributed by atoms with E-state index < -0.39 is 0 Å². The molecule has 17 heavy (non-hydrogen) atoms. The van der Waals surface area contributed by atoms with E-state index in [0.29, 0.717) is 0 Å². The molecule has 1 heterocycles. The molecule has 4 unspecified atom stereocenters. The van der Waals surface area contributed by atoms with E-state index in [1.807, 2.05) is 0 Å². The van der Waals surface area contributed by atoms with E-state index in [2.05, 4.69) is 31.2 Å². The summed E-state index contributed by atoms with van der Waals surface area (Å²) in [4.78, 5) is 0. The van der Waals surface area contributed by atoms with Gasteiger partial charge in [-0.05, 0) is 54.0 Å². The molecule has 0 spiro atoms. The standard InChI is InChI=1S/C15H20P.Y/c1-2-15-14-8-7-11-5-3-4-6-12(11)13(14)9-10-16-15;/h3-6,13-16H,1-2,7-10H2;/q-1;. The Hall–Kier alpha value is 0.754. The van der Waals surface area contributed by atoms with Gasteiger partial charge in [0.25, 0.3) is 0 Å². The first-order valence-corrected chi connectivity index (χ1v) is 7.79. The summed E-state index contributed by atoms with van der Waals surface area (Å²) in [5.74, 6) is 1.80. The Morgan fingerprint density at radius 3 is 2.88 bits per heavy atom. The van der Waals surface area contributed by atoms with E-state index in [1.165, 1.54) is 34.0 Å². The minimum atomic E-state index is 0. The molecule has 2 heteroatoms. The van der Waals surface area contributed by atoms with Crippen molar-refractivity contribution in [3.63, 3.8) is 0 Å². The molecule has 1 aromatic carbocycles. The van der Waals surface area contributed by atoms with E-state index in [9.17, 15) is 0 Å². The van der Waals surface area contributed by atoms with Gasteiger partial charge in [-0.3, -0.25) is 0 Å². The summed E-state index contributed by atoms with van der Waals surface area (Å²) in [5, 5.41) is 0. The predicted molar refractivity (Wildman–Crippen MR) is 72.6 cm³/mol. The van der Waals surface area contributed by atoms with Gasteiger partial charge < -0.3 is 6.92 Å². The summed E-state index contributed by atoms with van der Waals surface area (Å²) < 4.78 is 0. The van der Waals surface area contributed by atoms with Crippen LogP contribution in [0.1, 0.15) is 36.3 Å². The average molecular weight is 320 g/mol. The monoisotopic (exact) mass is 320 g/mol. The van der Waals surface area contributed by atoms with Gasteiger partial charge in [0.05, 0.1) is 0 Å². The zero-order valence-corrected chi connectivity index (χ0v) is 14.2. The molecule has 1 aromatic rings. The minimum absolute atomic E-state index is 0. The van der Waals surface area contributed by atoms with Crippen LogP contribution in [-0.2, 0) is 39.1 Å². The number of hydrogen-bond acceptors (Lipinski definition) is 0. The summed E-state index contributed by atoms with van der Waals surface area (Å²) >= 11 is 0. The second-order valence-electron chi connectivity index (χ2n) is 5.15. The molecular weight excluding hydrogens is 300 g/mol. The fourth-order valence-electron chi connectivity index (χ4n) is 3.62. The van der Waals surface area contributed by atoms with E-state index in [1.54, 1.807) is 11.1 Å². The maximum atomic E-state index is 4.16. The maximum absolute atomic E-state index is 4.16. The van der Waals surface area contributed by atoms with Gasteiger partial charge >= 0.3 is 0 Å². The van der Waals surface area contributed by atoms with Crippen molar-refractivity contribution >= 4 is 8.58 Å². The molecule has 4 atom stereocenters. The third-order valence-corrected chi connectivity index (χ3v) is 6.23. The van der Waals surface area contributed by atoms with E-state index in [-0.39, 0.29) is 32.7 Å². The Labute approximate surface area is 132 Å². The summed E-state index contributed by atoms with van der Waals surface area (Å²) in [6.07, 6.45) is 6.74. The topological polar surface area (TPSA) is 0 Å². The molecule has 0 aromatic heterocycles. The predicted octanol–water partition coefficient (Wildman–Crippen LogP) is 4.01. The van der Waals surface area contributed by atoms with Gasteiger partial charge in [-0.2, -0.15) is 6.42 Å². The molecule has 1 aliphatic carbocycles. The van der Waals surface area contributed by atoms with Gasteiger partial charge in [0.1, 0.15) is 0 Å². The molecule has 0 nitrogen and oxygen atoms in total. The number of fused-ring (bicyclic) bond motifs is 3. The van der Waals surface area contributed by atoms with Crippen molar-refractivity contribution in [2.24, 2.45) is 5.92 Å². The van der Waals surface area contributed by atoms with Crippen molar-refractivity contribution in [2.75, 3.05) is 6.16 Å². The zero-order chi connectivity index (χ0) is 11.0. The fraction of sp³-hybridized carbons (Fsp3) is 0.533. The quantitative estimate of drug-likeness (QED) is 0.542. The van der Waals surface area contributed by atoms with Crippen molar-refractivity contribution in [1.29, 1.82) is 0 Å². The summed E-state index contributed by atoms with van der Waals surface area (Å²) in [5.41, 5.74) is 4.21. The summed E-state index contributed by atoms with van der Waals surface area (Å²) in [6.45, 7) is 4.16. The Balaban J connectivity index is 0.00000108. The second kappa shape index (κ2) is 6.27. The largest absolute Gasteiger partial charge is 0.343 e. The molecule has 89 valence electrons. The fourth-order valence-corrected chi connectivity index (χ4v) is 5.37. The molecule has 1 radical (unpaired) electrons. The van der Waals surface area contributed by atoms with Crippen molar-refractivity contribution < 1.29 is 32.7 Å². The number of hydrogen-bond donors (Lipinski definition) is 0. The van der Waals surface area contributed by atoms with Crippen molar-refractivity contribution in [3.05, 3.63) is 42.3 Å². The van der Waals surface area contributed by atoms with E-state index in [4.69, 9.17) is 0 Å². The molecule has 1 saturated heterocycles. The van der Waals surface area contributed by atoms with Gasteiger partial charge in [0.2, 0.25) is 0 Å². The van der Waals surface area contributed by atoms with Gasteiger partial charge in [-0.15, -0.1) is 8.58 Å². The van der Waals surface area contributed by atoms with Gasteiger partial charge in [-0.1, -0.05) is 24.3 Å². The zero-order valence-electron chi connectivity index (χ0n) is 10.4. The smallest absolute Gasteiger partial charge is 0 e. The van der Waals surface area contributed by atoms with E-state index >= 15 is 0 Å². The first-order chi connectivity index (χ1) is 7.90. The van der Waals surface area contributed by atoms with Crippen LogP contribution in [0.5, 0.6) is 0 Å². The Morgan fingerprint density at radius 2 is 2.06 bits per heavy atom. The minimum Gasteiger partial charge on any atom is -0.343 e. The van der Waals surface area contributed by atoms with Crippen LogP contribution in [0.15, 0.2) is 24.3 Å². The second-order valence-corrected chi connectivity index (χ2v) is 6.80. The molecule has 0 saturated carbocycles. The number of aryl methyl sites for hydroxylation is 1. The average Bonchev–Trinajstić information content (AvgIpc) is 2.37.